The summed E-state index contributed by atoms with van der Waals surface area (Å²) >= 11 is 0. The van der Waals surface area contributed by atoms with Gasteiger partial charge in [0.05, 0.1) is 18.1 Å². The molecule has 0 bridgehead atoms. The zero-order valence-corrected chi connectivity index (χ0v) is 11.5. The van der Waals surface area contributed by atoms with E-state index in [4.69, 9.17) is 4.74 Å². The summed E-state index contributed by atoms with van der Waals surface area (Å²) < 4.78 is 5.05. The summed E-state index contributed by atoms with van der Waals surface area (Å²) in [7, 11) is 1.51. The predicted molar refractivity (Wildman–Crippen MR) is 76.3 cm³/mol. The number of hydrogen-bond acceptors (Lipinski definition) is 5. The first kappa shape index (κ1) is 13.2. The van der Waals surface area contributed by atoms with Crippen molar-refractivity contribution >= 4 is 11.4 Å². The number of nitro benzene ring substituents is 1. The number of nitro groups is 1. The van der Waals surface area contributed by atoms with Gasteiger partial charge in [0.15, 0.2) is 0 Å². The van der Waals surface area contributed by atoms with E-state index in [1.54, 1.807) is 12.1 Å². The fourth-order valence-corrected chi connectivity index (χ4v) is 2.81. The average molecular weight is 277 g/mol. The molecule has 1 aliphatic carbocycles. The highest BCUT2D eigenvalue weighted by molar-refractivity contribution is 5.64. The van der Waals surface area contributed by atoms with E-state index < -0.39 is 0 Å². The van der Waals surface area contributed by atoms with Gasteiger partial charge in [-0.05, 0) is 31.4 Å². The van der Waals surface area contributed by atoms with Crippen LogP contribution in [0.1, 0.15) is 19.3 Å². The molecule has 1 aromatic carbocycles. The molecule has 1 heterocycles. The van der Waals surface area contributed by atoms with Crippen LogP contribution >= 0.6 is 0 Å². The zero-order chi connectivity index (χ0) is 14.1. The normalized spacial score (nSPS) is 22.8. The minimum absolute atomic E-state index is 0.0780. The van der Waals surface area contributed by atoms with Crippen molar-refractivity contribution in [2.75, 3.05) is 25.5 Å². The molecule has 1 unspecified atom stereocenters. The van der Waals surface area contributed by atoms with Crippen molar-refractivity contribution < 1.29 is 9.66 Å². The largest absolute Gasteiger partial charge is 0.496 e. The number of nitrogens with one attached hydrogen (secondary N) is 1. The number of methoxy groups -OCH3 is 1. The van der Waals surface area contributed by atoms with Crippen LogP contribution in [0.25, 0.3) is 0 Å². The predicted octanol–water partition coefficient (Wildman–Crippen LogP) is 2.25. The van der Waals surface area contributed by atoms with Crippen LogP contribution in [0.3, 0.4) is 0 Å². The maximum atomic E-state index is 11.1. The van der Waals surface area contributed by atoms with Crippen molar-refractivity contribution in [3.63, 3.8) is 0 Å². The van der Waals surface area contributed by atoms with Crippen LogP contribution in [0.2, 0.25) is 0 Å². The third-order valence-corrected chi connectivity index (χ3v) is 4.04. The lowest BCUT2D eigenvalue weighted by Gasteiger charge is -2.16. The van der Waals surface area contributed by atoms with Gasteiger partial charge in [0.25, 0.3) is 5.69 Å². The molecule has 3 rings (SSSR count). The second-order valence-corrected chi connectivity index (χ2v) is 5.50. The van der Waals surface area contributed by atoms with Gasteiger partial charge >= 0.3 is 0 Å². The summed E-state index contributed by atoms with van der Waals surface area (Å²) in [5, 5.41) is 14.5. The molecular weight excluding hydrogens is 258 g/mol. The molecule has 1 N–H and O–H groups in total. The third-order valence-electron chi connectivity index (χ3n) is 4.04. The van der Waals surface area contributed by atoms with Gasteiger partial charge in [-0.1, -0.05) is 0 Å². The molecular formula is C14H19N3O3. The first-order valence-corrected chi connectivity index (χ1v) is 7.00. The van der Waals surface area contributed by atoms with Crippen LogP contribution in [0.15, 0.2) is 18.2 Å². The van der Waals surface area contributed by atoms with E-state index in [1.807, 2.05) is 0 Å². The monoisotopic (exact) mass is 277 g/mol. The Balaban J connectivity index is 1.71. The number of nitrogens with zero attached hydrogens (tertiary/aromatic N) is 2. The first-order chi connectivity index (χ1) is 9.67. The van der Waals surface area contributed by atoms with Crippen LogP contribution in [0.5, 0.6) is 5.75 Å². The number of ether oxygens (including phenoxy) is 1. The van der Waals surface area contributed by atoms with E-state index >= 15 is 0 Å². The molecule has 0 aromatic heterocycles. The molecule has 1 aromatic rings. The zero-order valence-electron chi connectivity index (χ0n) is 11.5. The number of rotatable bonds is 5. The lowest BCUT2D eigenvalue weighted by molar-refractivity contribution is -0.384. The molecule has 1 saturated carbocycles. The Morgan fingerprint density at radius 1 is 1.40 bits per heavy atom. The highest BCUT2D eigenvalue weighted by Crippen LogP contribution is 2.33. The van der Waals surface area contributed by atoms with Crippen LogP contribution in [0, 0.1) is 10.1 Å². The van der Waals surface area contributed by atoms with E-state index in [1.165, 1.54) is 26.0 Å². The van der Waals surface area contributed by atoms with Gasteiger partial charge in [-0.3, -0.25) is 15.0 Å². The fraction of sp³-hybridized carbons (Fsp3) is 0.571. The summed E-state index contributed by atoms with van der Waals surface area (Å²) in [6.45, 7) is 2.07. The van der Waals surface area contributed by atoms with E-state index in [0.29, 0.717) is 17.5 Å². The Kier molecular flexibility index (Phi) is 3.48. The second kappa shape index (κ2) is 5.28. The number of likely N-dealkylation sites (tertiary alicyclic amines) is 1. The van der Waals surface area contributed by atoms with Crippen molar-refractivity contribution in [3.8, 4) is 5.75 Å². The average Bonchev–Trinajstić information content (AvgIpc) is 3.20. The standard InChI is InChI=1S/C14H19N3O3/c1-20-12-4-5-13(14(8-12)17(18)19)15-10-6-7-16(9-10)11-2-3-11/h4-5,8,10-11,15H,2-3,6-7,9H2,1H3. The molecule has 1 aliphatic heterocycles. The van der Waals surface area contributed by atoms with E-state index in [-0.39, 0.29) is 10.6 Å². The summed E-state index contributed by atoms with van der Waals surface area (Å²) in [6, 6.07) is 6.01. The molecule has 1 atom stereocenters. The van der Waals surface area contributed by atoms with E-state index in [2.05, 4.69) is 10.2 Å². The number of hydrogen-bond donors (Lipinski definition) is 1. The number of anilines is 1. The summed E-state index contributed by atoms with van der Waals surface area (Å²) in [6.07, 6.45) is 3.64. The van der Waals surface area contributed by atoms with Gasteiger partial charge in [0.2, 0.25) is 0 Å². The van der Waals surface area contributed by atoms with Crippen molar-refractivity contribution in [1.29, 1.82) is 0 Å². The Labute approximate surface area is 117 Å². The lowest BCUT2D eigenvalue weighted by Crippen LogP contribution is -2.27. The highest BCUT2D eigenvalue weighted by Gasteiger charge is 2.34. The maximum absolute atomic E-state index is 11.1. The Hall–Kier alpha value is -1.82. The third kappa shape index (κ3) is 2.70. The maximum Gasteiger partial charge on any atom is 0.296 e. The molecule has 2 aliphatic rings. The first-order valence-electron chi connectivity index (χ1n) is 7.00. The van der Waals surface area contributed by atoms with Crippen molar-refractivity contribution in [2.45, 2.75) is 31.3 Å². The quantitative estimate of drug-likeness (QED) is 0.660. The van der Waals surface area contributed by atoms with Gasteiger partial charge in [0.1, 0.15) is 11.4 Å². The minimum atomic E-state index is -0.363. The van der Waals surface area contributed by atoms with Crippen molar-refractivity contribution in [2.24, 2.45) is 0 Å². The van der Waals surface area contributed by atoms with E-state index in [0.717, 1.165) is 25.6 Å². The van der Waals surface area contributed by atoms with E-state index in [9.17, 15) is 10.1 Å². The van der Waals surface area contributed by atoms with Crippen molar-refractivity contribution in [1.82, 2.24) is 4.90 Å². The fourth-order valence-electron chi connectivity index (χ4n) is 2.81. The van der Waals surface area contributed by atoms with Gasteiger partial charge in [-0.25, -0.2) is 0 Å². The molecule has 0 amide bonds. The van der Waals surface area contributed by atoms with Crippen LogP contribution in [-0.2, 0) is 0 Å². The summed E-state index contributed by atoms with van der Waals surface area (Å²) in [5.74, 6) is 0.508. The molecule has 20 heavy (non-hydrogen) atoms. The van der Waals surface area contributed by atoms with Crippen LogP contribution in [0.4, 0.5) is 11.4 Å². The Bertz CT molecular complexity index is 516. The highest BCUT2D eigenvalue weighted by atomic mass is 16.6. The smallest absolute Gasteiger partial charge is 0.296 e. The Morgan fingerprint density at radius 3 is 2.85 bits per heavy atom. The lowest BCUT2D eigenvalue weighted by atomic mass is 10.2. The molecule has 6 heteroatoms. The number of benzene rings is 1. The molecule has 6 nitrogen and oxygen atoms in total. The minimum Gasteiger partial charge on any atom is -0.496 e. The van der Waals surface area contributed by atoms with Crippen LogP contribution in [-0.4, -0.2) is 42.1 Å². The molecule has 2 fully saturated rings. The molecule has 0 spiro atoms. The second-order valence-electron chi connectivity index (χ2n) is 5.50. The molecule has 1 saturated heterocycles. The van der Waals surface area contributed by atoms with Gasteiger partial charge in [-0.2, -0.15) is 0 Å². The van der Waals surface area contributed by atoms with Gasteiger partial charge in [0, 0.05) is 25.2 Å². The Morgan fingerprint density at radius 2 is 2.20 bits per heavy atom. The SMILES string of the molecule is COc1ccc(NC2CCN(C3CC3)C2)c([N+](=O)[O-])c1. The van der Waals surface area contributed by atoms with Crippen molar-refractivity contribution in [3.05, 3.63) is 28.3 Å². The molecule has 108 valence electrons. The summed E-state index contributed by atoms with van der Waals surface area (Å²) in [5.41, 5.74) is 0.660. The summed E-state index contributed by atoms with van der Waals surface area (Å²) in [4.78, 5) is 13.3. The van der Waals surface area contributed by atoms with Gasteiger partial charge in [-0.15, -0.1) is 0 Å². The molecule has 0 radical (unpaired) electrons. The topological polar surface area (TPSA) is 67.6 Å². The van der Waals surface area contributed by atoms with Crippen LogP contribution < -0.4 is 10.1 Å². The van der Waals surface area contributed by atoms with Gasteiger partial charge < -0.3 is 10.1 Å².